The molecule has 0 radical (unpaired) electrons. The fourth-order valence-corrected chi connectivity index (χ4v) is 5.11. The van der Waals surface area contributed by atoms with Crippen molar-refractivity contribution >= 4 is 35.2 Å². The van der Waals surface area contributed by atoms with Gasteiger partial charge in [-0.1, -0.05) is 12.1 Å². The number of carbonyl (C=O) groups excluding carboxylic acids is 1. The Kier molecular flexibility index (Phi) is 5.87. The van der Waals surface area contributed by atoms with Crippen LogP contribution < -0.4 is 10.1 Å². The number of benzene rings is 1. The predicted molar refractivity (Wildman–Crippen MR) is 98.7 cm³/mol. The summed E-state index contributed by atoms with van der Waals surface area (Å²) >= 11 is 3.94. The van der Waals surface area contributed by atoms with E-state index in [0.29, 0.717) is 10.3 Å². The molecule has 1 aromatic carbocycles. The van der Waals surface area contributed by atoms with Crippen molar-refractivity contribution in [2.75, 3.05) is 23.4 Å². The number of rotatable bonds is 5. The van der Waals surface area contributed by atoms with E-state index in [4.69, 9.17) is 4.74 Å². The summed E-state index contributed by atoms with van der Waals surface area (Å²) in [6.45, 7) is -0.137. The van der Waals surface area contributed by atoms with Gasteiger partial charge >= 0.3 is 0 Å². The highest BCUT2D eigenvalue weighted by Gasteiger charge is 2.16. The molecule has 3 rings (SSSR count). The minimum Gasteiger partial charge on any atom is -0.504 e. The number of nitrogens with zero attached hydrogens (tertiary/aromatic N) is 1. The first-order chi connectivity index (χ1) is 11.7. The number of aromatic nitrogens is 1. The largest absolute Gasteiger partial charge is 0.504 e. The van der Waals surface area contributed by atoms with Crippen LogP contribution in [-0.2, 0) is 4.79 Å². The molecule has 1 aliphatic heterocycles. The molecule has 0 saturated carbocycles. The molecule has 0 atom stereocenters. The molecule has 5 nitrogen and oxygen atoms in total. The summed E-state index contributed by atoms with van der Waals surface area (Å²) in [4.78, 5) is 15.8. The first-order valence-electron chi connectivity index (χ1n) is 7.62. The average Bonchev–Trinajstić information content (AvgIpc) is 2.63. The van der Waals surface area contributed by atoms with Gasteiger partial charge in [-0.05, 0) is 47.8 Å². The number of pyridine rings is 1. The Bertz CT molecular complexity index is 688. The summed E-state index contributed by atoms with van der Waals surface area (Å²) in [5, 5.41) is 12.1. The Morgan fingerprint density at radius 1 is 1.25 bits per heavy atom. The van der Waals surface area contributed by atoms with Crippen molar-refractivity contribution in [2.24, 2.45) is 0 Å². The molecule has 1 aliphatic rings. The van der Waals surface area contributed by atoms with E-state index in [1.54, 1.807) is 6.07 Å². The zero-order valence-corrected chi connectivity index (χ0v) is 14.6. The number of nitrogens with one attached hydrogen (secondary N) is 1. The van der Waals surface area contributed by atoms with Gasteiger partial charge in [0.2, 0.25) is 0 Å². The molecule has 2 aromatic rings. The predicted octanol–water partition coefficient (Wildman–Crippen LogP) is 3.67. The normalized spacial score (nSPS) is 15.0. The topological polar surface area (TPSA) is 71.5 Å². The molecule has 1 saturated heterocycles. The second-order valence-electron chi connectivity index (χ2n) is 5.20. The van der Waals surface area contributed by atoms with Crippen LogP contribution in [0.4, 0.5) is 5.82 Å². The van der Waals surface area contributed by atoms with Crippen molar-refractivity contribution < 1.29 is 14.6 Å². The summed E-state index contributed by atoms with van der Waals surface area (Å²) < 4.78 is 5.98. The van der Waals surface area contributed by atoms with Crippen LogP contribution in [0.3, 0.4) is 0 Å². The van der Waals surface area contributed by atoms with Gasteiger partial charge in [-0.3, -0.25) is 4.79 Å². The molecule has 7 heteroatoms. The Labute approximate surface area is 149 Å². The molecule has 2 heterocycles. The Balaban J connectivity index is 1.51. The van der Waals surface area contributed by atoms with Crippen molar-refractivity contribution in [3.05, 3.63) is 48.2 Å². The summed E-state index contributed by atoms with van der Waals surface area (Å²) in [6.07, 6.45) is 2.77. The standard InChI is InChI=1S/C17H18N2O3S2/c20-14-3-1-8-18-16(14)19-15(21)11-22-13-6-4-12(5-7-13)17-23-9-2-10-24-17/h1,3-8,17,20H,2,9-11H2,(H,18,19,21). The quantitative estimate of drug-likeness (QED) is 0.845. The molecule has 126 valence electrons. The lowest BCUT2D eigenvalue weighted by Gasteiger charge is -2.21. The first kappa shape index (κ1) is 17.0. The summed E-state index contributed by atoms with van der Waals surface area (Å²) in [5.74, 6) is 2.74. The van der Waals surface area contributed by atoms with Crippen LogP contribution in [0.25, 0.3) is 0 Å². The van der Waals surface area contributed by atoms with Crippen LogP contribution in [0.5, 0.6) is 11.5 Å². The third-order valence-electron chi connectivity index (χ3n) is 3.39. The minimum atomic E-state index is -0.369. The number of ether oxygens (including phenoxy) is 1. The maximum atomic E-state index is 11.9. The van der Waals surface area contributed by atoms with Crippen LogP contribution in [0.2, 0.25) is 0 Å². The number of hydrogen-bond acceptors (Lipinski definition) is 6. The SMILES string of the molecule is O=C(COc1ccc(C2SCCCS2)cc1)Nc1ncccc1O. The zero-order chi connectivity index (χ0) is 16.8. The summed E-state index contributed by atoms with van der Waals surface area (Å²) in [7, 11) is 0. The number of hydrogen-bond donors (Lipinski definition) is 2. The third-order valence-corrected chi connectivity index (χ3v) is 6.41. The second-order valence-corrected chi connectivity index (χ2v) is 7.93. The van der Waals surface area contributed by atoms with Crippen molar-refractivity contribution in [1.82, 2.24) is 4.98 Å². The van der Waals surface area contributed by atoms with Crippen LogP contribution in [0.1, 0.15) is 16.6 Å². The highest BCUT2D eigenvalue weighted by atomic mass is 32.2. The molecule has 2 N–H and O–H groups in total. The molecular formula is C17H18N2O3S2. The van der Waals surface area contributed by atoms with Crippen molar-refractivity contribution in [2.45, 2.75) is 11.0 Å². The monoisotopic (exact) mass is 362 g/mol. The molecule has 0 aliphatic carbocycles. The number of carbonyl (C=O) groups is 1. The van der Waals surface area contributed by atoms with Gasteiger partial charge in [0, 0.05) is 6.20 Å². The molecular weight excluding hydrogens is 344 g/mol. The van der Waals surface area contributed by atoms with E-state index in [9.17, 15) is 9.90 Å². The average molecular weight is 362 g/mol. The van der Waals surface area contributed by atoms with Gasteiger partial charge < -0.3 is 15.2 Å². The van der Waals surface area contributed by atoms with Crippen LogP contribution in [0.15, 0.2) is 42.6 Å². The van der Waals surface area contributed by atoms with Crippen LogP contribution in [-0.4, -0.2) is 34.1 Å². The molecule has 24 heavy (non-hydrogen) atoms. The lowest BCUT2D eigenvalue weighted by molar-refractivity contribution is -0.118. The van der Waals surface area contributed by atoms with Gasteiger partial charge in [0.05, 0.1) is 4.58 Å². The van der Waals surface area contributed by atoms with Gasteiger partial charge in [-0.2, -0.15) is 0 Å². The number of anilines is 1. The van der Waals surface area contributed by atoms with Crippen molar-refractivity contribution in [1.29, 1.82) is 0 Å². The van der Waals surface area contributed by atoms with Crippen LogP contribution >= 0.6 is 23.5 Å². The summed E-state index contributed by atoms with van der Waals surface area (Å²) in [5.41, 5.74) is 1.28. The maximum Gasteiger partial charge on any atom is 0.263 e. The molecule has 0 spiro atoms. The highest BCUT2D eigenvalue weighted by Crippen LogP contribution is 2.43. The number of thioether (sulfide) groups is 2. The van der Waals surface area contributed by atoms with E-state index < -0.39 is 0 Å². The van der Waals surface area contributed by atoms with E-state index in [-0.39, 0.29) is 24.1 Å². The van der Waals surface area contributed by atoms with E-state index in [2.05, 4.69) is 10.3 Å². The van der Waals surface area contributed by atoms with Crippen LogP contribution in [0, 0.1) is 0 Å². The maximum absolute atomic E-state index is 11.9. The Morgan fingerprint density at radius 3 is 2.71 bits per heavy atom. The lowest BCUT2D eigenvalue weighted by Crippen LogP contribution is -2.20. The molecule has 0 unspecified atom stereocenters. The number of aromatic hydroxyl groups is 1. The fourth-order valence-electron chi connectivity index (χ4n) is 2.21. The molecule has 1 aromatic heterocycles. The summed E-state index contributed by atoms with van der Waals surface area (Å²) in [6, 6.07) is 10.9. The van der Waals surface area contributed by atoms with Gasteiger partial charge in [0.25, 0.3) is 5.91 Å². The fraction of sp³-hybridized carbons (Fsp3) is 0.294. The molecule has 1 fully saturated rings. The van der Waals surface area contributed by atoms with E-state index in [1.165, 1.54) is 35.8 Å². The van der Waals surface area contributed by atoms with E-state index in [0.717, 1.165) is 0 Å². The third kappa shape index (κ3) is 4.58. The molecule has 1 amide bonds. The Hall–Kier alpha value is -1.86. The zero-order valence-electron chi connectivity index (χ0n) is 13.0. The number of amides is 1. The smallest absolute Gasteiger partial charge is 0.263 e. The van der Waals surface area contributed by atoms with Crippen molar-refractivity contribution in [3.8, 4) is 11.5 Å². The van der Waals surface area contributed by atoms with E-state index >= 15 is 0 Å². The van der Waals surface area contributed by atoms with Gasteiger partial charge in [-0.15, -0.1) is 23.5 Å². The first-order valence-corrected chi connectivity index (χ1v) is 9.72. The van der Waals surface area contributed by atoms with Gasteiger partial charge in [-0.25, -0.2) is 4.98 Å². The van der Waals surface area contributed by atoms with Gasteiger partial charge in [0.1, 0.15) is 5.75 Å². The van der Waals surface area contributed by atoms with Gasteiger partial charge in [0.15, 0.2) is 18.2 Å². The van der Waals surface area contributed by atoms with Crippen molar-refractivity contribution in [3.63, 3.8) is 0 Å². The Morgan fingerprint density at radius 2 is 2.00 bits per heavy atom. The minimum absolute atomic E-state index is 0.0716. The van der Waals surface area contributed by atoms with E-state index in [1.807, 2.05) is 47.8 Å². The molecule has 0 bridgehead atoms. The lowest BCUT2D eigenvalue weighted by atomic mass is 10.2. The second kappa shape index (κ2) is 8.30. The highest BCUT2D eigenvalue weighted by molar-refractivity contribution is 8.16.